The molecule has 4 aromatic rings. The molecule has 0 bridgehead atoms. The second kappa shape index (κ2) is 10.1. The lowest BCUT2D eigenvalue weighted by atomic mass is 10.2. The van der Waals surface area contributed by atoms with Gasteiger partial charge in [0.05, 0.1) is 30.8 Å². The van der Waals surface area contributed by atoms with Crippen LogP contribution < -0.4 is 10.2 Å². The third kappa shape index (κ3) is 4.58. The number of anilines is 3. The molecule has 0 spiro atoms. The molecule has 11 nitrogen and oxygen atoms in total. The first kappa shape index (κ1) is 24.4. The Morgan fingerprint density at radius 1 is 1.03 bits per heavy atom. The van der Waals surface area contributed by atoms with Crippen LogP contribution in [0.25, 0.3) is 22.6 Å². The van der Waals surface area contributed by atoms with Crippen LogP contribution in [0.4, 0.5) is 17.2 Å². The van der Waals surface area contributed by atoms with Crippen molar-refractivity contribution in [1.29, 1.82) is 0 Å². The van der Waals surface area contributed by atoms with Gasteiger partial charge >= 0.3 is 0 Å². The Bertz CT molecular complexity index is 1470. The Balaban J connectivity index is 1.35. The lowest BCUT2D eigenvalue weighted by Gasteiger charge is -2.28. The highest BCUT2D eigenvalue weighted by Crippen LogP contribution is 2.30. The summed E-state index contributed by atoms with van der Waals surface area (Å²) in [4.78, 5) is 31.0. The lowest BCUT2D eigenvalue weighted by molar-refractivity contribution is -0.127. The van der Waals surface area contributed by atoms with Gasteiger partial charge in [-0.25, -0.2) is 15.0 Å². The predicted octanol–water partition coefficient (Wildman–Crippen LogP) is 3.05. The summed E-state index contributed by atoms with van der Waals surface area (Å²) in [6.45, 7) is 9.37. The maximum atomic E-state index is 12.1. The molecule has 38 heavy (non-hydrogen) atoms. The van der Waals surface area contributed by atoms with Crippen molar-refractivity contribution in [3.63, 3.8) is 0 Å². The molecule has 3 aromatic heterocycles. The fourth-order valence-electron chi connectivity index (χ4n) is 5.29. The number of ether oxygens (including phenoxy) is 1. The average Bonchev–Trinajstić information content (AvgIpc) is 3.60. The number of nitrogens with one attached hydrogen (secondary N) is 1. The summed E-state index contributed by atoms with van der Waals surface area (Å²) in [6.07, 6.45) is 3.35. The number of aryl methyl sites for hydroxylation is 2. The number of fused-ring (bicyclic) bond motifs is 1. The number of likely N-dealkylation sites (tertiary alicyclic amines) is 1. The van der Waals surface area contributed by atoms with Crippen LogP contribution in [0.2, 0.25) is 0 Å². The van der Waals surface area contributed by atoms with Gasteiger partial charge in [-0.1, -0.05) is 0 Å². The Kier molecular flexibility index (Phi) is 6.44. The summed E-state index contributed by atoms with van der Waals surface area (Å²) in [5.41, 5.74) is 6.31. The first-order valence-electron chi connectivity index (χ1n) is 13.2. The Hall–Kier alpha value is -3.99. The molecule has 0 aliphatic carbocycles. The molecule has 0 radical (unpaired) electrons. The highest BCUT2D eigenvalue weighted by atomic mass is 16.5. The van der Waals surface area contributed by atoms with Gasteiger partial charge in [-0.05, 0) is 44.5 Å². The van der Waals surface area contributed by atoms with Crippen molar-refractivity contribution in [3.05, 3.63) is 42.0 Å². The molecular formula is C27H33N9O2. The van der Waals surface area contributed by atoms with E-state index in [9.17, 15) is 4.79 Å². The molecule has 0 atom stereocenters. The van der Waals surface area contributed by atoms with Gasteiger partial charge in [0.1, 0.15) is 0 Å². The third-order valence-corrected chi connectivity index (χ3v) is 7.48. The third-order valence-electron chi connectivity index (χ3n) is 7.48. The minimum atomic E-state index is 0.217. The van der Waals surface area contributed by atoms with Crippen LogP contribution in [0.15, 0.2) is 30.6 Å². The van der Waals surface area contributed by atoms with Crippen molar-refractivity contribution in [1.82, 2.24) is 34.2 Å². The summed E-state index contributed by atoms with van der Waals surface area (Å²) in [5, 5.41) is 8.07. The number of amides is 1. The van der Waals surface area contributed by atoms with Gasteiger partial charge in [0.2, 0.25) is 5.91 Å². The van der Waals surface area contributed by atoms with E-state index in [1.807, 2.05) is 35.0 Å². The Morgan fingerprint density at radius 2 is 1.82 bits per heavy atom. The summed E-state index contributed by atoms with van der Waals surface area (Å²) < 4.78 is 9.35. The van der Waals surface area contributed by atoms with E-state index >= 15 is 0 Å². The highest BCUT2D eigenvalue weighted by molar-refractivity contribution is 5.88. The van der Waals surface area contributed by atoms with Crippen LogP contribution in [0, 0.1) is 13.8 Å². The number of benzene rings is 1. The van der Waals surface area contributed by atoms with Crippen LogP contribution in [0.3, 0.4) is 0 Å². The second-order valence-electron chi connectivity index (χ2n) is 9.93. The monoisotopic (exact) mass is 515 g/mol. The molecular weight excluding hydrogens is 482 g/mol. The van der Waals surface area contributed by atoms with E-state index in [1.54, 1.807) is 6.33 Å². The standard InChI is InChI=1S/C27H33N9O2/c1-18-23(19(2)33(3)32-18)25-30-26(29-20-6-8-21(9-7-20)34-13-15-38-16-14-34)24-27(31-25)36(17-28-24)12-11-35-10-4-5-22(35)37/h6-9,17H,4-5,10-16H2,1-3H3,(H,29,30,31). The number of carbonyl (C=O) groups excluding carboxylic acids is 1. The van der Waals surface area contributed by atoms with E-state index in [0.29, 0.717) is 36.7 Å². The first-order valence-corrected chi connectivity index (χ1v) is 13.2. The number of rotatable bonds is 7. The van der Waals surface area contributed by atoms with Crippen LogP contribution in [-0.2, 0) is 23.1 Å². The molecule has 2 aliphatic rings. The van der Waals surface area contributed by atoms with Crippen molar-refractivity contribution in [2.24, 2.45) is 7.05 Å². The van der Waals surface area contributed by atoms with Crippen molar-refractivity contribution in [2.45, 2.75) is 33.2 Å². The van der Waals surface area contributed by atoms with Crippen LogP contribution in [0.5, 0.6) is 0 Å². The van der Waals surface area contributed by atoms with Crippen molar-refractivity contribution >= 4 is 34.3 Å². The molecule has 1 N–H and O–H groups in total. The quantitative estimate of drug-likeness (QED) is 0.400. The van der Waals surface area contributed by atoms with E-state index in [4.69, 9.17) is 14.7 Å². The zero-order valence-electron chi connectivity index (χ0n) is 22.1. The summed E-state index contributed by atoms with van der Waals surface area (Å²) in [6, 6.07) is 8.37. The van der Waals surface area contributed by atoms with E-state index in [-0.39, 0.29) is 5.91 Å². The highest BCUT2D eigenvalue weighted by Gasteiger charge is 2.22. The topological polar surface area (TPSA) is 106 Å². The van der Waals surface area contributed by atoms with Crippen LogP contribution in [-0.4, -0.2) is 79.5 Å². The molecule has 2 fully saturated rings. The maximum absolute atomic E-state index is 12.1. The van der Waals surface area contributed by atoms with Crippen LogP contribution >= 0.6 is 0 Å². The molecule has 198 valence electrons. The average molecular weight is 516 g/mol. The van der Waals surface area contributed by atoms with E-state index in [1.165, 1.54) is 5.69 Å². The molecule has 1 aromatic carbocycles. The smallest absolute Gasteiger partial charge is 0.222 e. The molecule has 6 rings (SSSR count). The predicted molar refractivity (Wildman–Crippen MR) is 146 cm³/mol. The number of morpholine rings is 1. The van der Waals surface area contributed by atoms with E-state index < -0.39 is 0 Å². The number of aromatic nitrogens is 6. The van der Waals surface area contributed by atoms with Gasteiger partial charge in [-0.3, -0.25) is 9.48 Å². The summed E-state index contributed by atoms with van der Waals surface area (Å²) in [5.74, 6) is 1.46. The van der Waals surface area contributed by atoms with Gasteiger partial charge in [0, 0.05) is 63.3 Å². The van der Waals surface area contributed by atoms with E-state index in [2.05, 4.69) is 44.6 Å². The Morgan fingerprint density at radius 3 is 2.50 bits per heavy atom. The SMILES string of the molecule is Cc1nn(C)c(C)c1-c1nc(Nc2ccc(N3CCOCC3)cc2)c2ncn(CCN3CCCC3=O)c2n1. The van der Waals surface area contributed by atoms with Gasteiger partial charge in [0.15, 0.2) is 22.8 Å². The molecule has 5 heterocycles. The van der Waals surface area contributed by atoms with Crippen molar-refractivity contribution in [2.75, 3.05) is 49.6 Å². The summed E-state index contributed by atoms with van der Waals surface area (Å²) >= 11 is 0. The number of carbonyl (C=O) groups is 1. The summed E-state index contributed by atoms with van der Waals surface area (Å²) in [7, 11) is 1.93. The second-order valence-corrected chi connectivity index (χ2v) is 9.93. The zero-order chi connectivity index (χ0) is 26.2. The minimum absolute atomic E-state index is 0.217. The van der Waals surface area contributed by atoms with Crippen LogP contribution in [0.1, 0.15) is 24.2 Å². The van der Waals surface area contributed by atoms with Gasteiger partial charge in [-0.2, -0.15) is 5.10 Å². The fourth-order valence-corrected chi connectivity index (χ4v) is 5.29. The lowest BCUT2D eigenvalue weighted by Crippen LogP contribution is -2.36. The molecule has 11 heteroatoms. The molecule has 2 saturated heterocycles. The number of hydrogen-bond acceptors (Lipinski definition) is 8. The largest absolute Gasteiger partial charge is 0.378 e. The number of nitrogens with zero attached hydrogens (tertiary/aromatic N) is 8. The normalized spacial score (nSPS) is 16.1. The number of hydrogen-bond donors (Lipinski definition) is 1. The van der Waals surface area contributed by atoms with Crippen molar-refractivity contribution < 1.29 is 9.53 Å². The zero-order valence-corrected chi connectivity index (χ0v) is 22.1. The van der Waals surface area contributed by atoms with Gasteiger partial charge in [0.25, 0.3) is 0 Å². The molecule has 1 amide bonds. The molecule has 0 saturated carbocycles. The fraction of sp³-hybridized carbons (Fsp3) is 0.444. The van der Waals surface area contributed by atoms with Gasteiger partial charge in [-0.15, -0.1) is 0 Å². The first-order chi connectivity index (χ1) is 18.5. The van der Waals surface area contributed by atoms with Crippen molar-refractivity contribution in [3.8, 4) is 11.4 Å². The molecule has 2 aliphatic heterocycles. The van der Waals surface area contributed by atoms with E-state index in [0.717, 1.165) is 67.6 Å². The minimum Gasteiger partial charge on any atom is -0.378 e. The maximum Gasteiger partial charge on any atom is 0.222 e. The number of imidazole rings is 1. The van der Waals surface area contributed by atoms with Gasteiger partial charge < -0.3 is 24.4 Å². The molecule has 0 unspecified atom stereocenters. The Labute approximate surface area is 221 Å².